The van der Waals surface area contributed by atoms with Crippen LogP contribution in [0.25, 0.3) is 0 Å². The largest absolute Gasteiger partial charge is 0.370 e. The summed E-state index contributed by atoms with van der Waals surface area (Å²) < 4.78 is 0. The molecule has 2 amide bonds. The number of fused-ring (bicyclic) bond motifs is 1. The number of para-hydroxylation sites is 1. The van der Waals surface area contributed by atoms with Gasteiger partial charge in [-0.25, -0.2) is 0 Å². The number of anilines is 1. The number of aryl methyl sites for hydroxylation is 1. The van der Waals surface area contributed by atoms with Gasteiger partial charge in [0.2, 0.25) is 11.8 Å². The van der Waals surface area contributed by atoms with Gasteiger partial charge >= 0.3 is 0 Å². The third kappa shape index (κ3) is 5.80. The number of primary amides is 1. The number of nitrogens with zero attached hydrogens (tertiary/aromatic N) is 2. The number of carbonyl (C=O) groups is 2. The summed E-state index contributed by atoms with van der Waals surface area (Å²) in [5.41, 5.74) is 9.81. The smallest absolute Gasteiger partial charge is 0.248 e. The molecule has 0 atom stereocenters. The van der Waals surface area contributed by atoms with Crippen LogP contribution in [0.4, 0.5) is 5.69 Å². The van der Waals surface area contributed by atoms with Crippen molar-refractivity contribution in [1.29, 1.82) is 0 Å². The summed E-state index contributed by atoms with van der Waals surface area (Å²) in [6, 6.07) is 25.3. The molecule has 5 nitrogen and oxygen atoms in total. The molecule has 3 aromatic carbocycles. The number of benzodiazepines with no additional fused rings is 1. The molecule has 1 heterocycles. The van der Waals surface area contributed by atoms with E-state index in [0.717, 1.165) is 28.1 Å². The Morgan fingerprint density at radius 3 is 2.35 bits per heavy atom. The van der Waals surface area contributed by atoms with Gasteiger partial charge in [-0.2, -0.15) is 0 Å². The number of aliphatic imine (C=N–C) groups is 1. The fraction of sp³-hybridized carbons (Fsp3) is 0.160. The van der Waals surface area contributed by atoms with E-state index in [1.165, 1.54) is 0 Å². The summed E-state index contributed by atoms with van der Waals surface area (Å²) in [7, 11) is 1.80. The zero-order chi connectivity index (χ0) is 22.2. The SMILES string of the molecule is CN1C(=O)CN=C(c2ccccc2)c2ccccc21.NC(=O)CCc1ccccc1Cl. The van der Waals surface area contributed by atoms with Crippen molar-refractivity contribution in [3.63, 3.8) is 0 Å². The van der Waals surface area contributed by atoms with Crippen LogP contribution in [0.3, 0.4) is 0 Å². The molecule has 0 saturated carbocycles. The van der Waals surface area contributed by atoms with E-state index in [1.807, 2.05) is 72.8 Å². The maximum absolute atomic E-state index is 12.0. The van der Waals surface area contributed by atoms with E-state index in [2.05, 4.69) is 4.99 Å². The van der Waals surface area contributed by atoms with Gasteiger partial charge in [-0.3, -0.25) is 14.6 Å². The Morgan fingerprint density at radius 1 is 1.00 bits per heavy atom. The van der Waals surface area contributed by atoms with Crippen molar-refractivity contribution in [3.8, 4) is 0 Å². The Labute approximate surface area is 187 Å². The lowest BCUT2D eigenvalue weighted by Gasteiger charge is -2.17. The number of carbonyl (C=O) groups excluding carboxylic acids is 2. The van der Waals surface area contributed by atoms with Gasteiger partial charge in [0, 0.05) is 29.6 Å². The van der Waals surface area contributed by atoms with Gasteiger partial charge in [0.05, 0.1) is 11.4 Å². The van der Waals surface area contributed by atoms with Crippen molar-refractivity contribution in [2.75, 3.05) is 18.5 Å². The number of hydrogen-bond acceptors (Lipinski definition) is 3. The van der Waals surface area contributed by atoms with Crippen molar-refractivity contribution in [3.05, 3.63) is 101 Å². The van der Waals surface area contributed by atoms with E-state index in [1.54, 1.807) is 18.0 Å². The molecule has 0 bridgehead atoms. The van der Waals surface area contributed by atoms with E-state index in [4.69, 9.17) is 17.3 Å². The van der Waals surface area contributed by atoms with Gasteiger partial charge in [-0.05, 0) is 24.1 Å². The molecule has 0 spiro atoms. The van der Waals surface area contributed by atoms with Crippen LogP contribution >= 0.6 is 11.6 Å². The van der Waals surface area contributed by atoms with Crippen molar-refractivity contribution >= 4 is 34.8 Å². The zero-order valence-electron chi connectivity index (χ0n) is 17.3. The number of halogens is 1. The van der Waals surface area contributed by atoms with Gasteiger partial charge in [0.15, 0.2) is 0 Å². The average molecular weight is 434 g/mol. The maximum Gasteiger partial charge on any atom is 0.248 e. The van der Waals surface area contributed by atoms with Crippen LogP contribution in [0.15, 0.2) is 83.9 Å². The van der Waals surface area contributed by atoms with Crippen molar-refractivity contribution < 1.29 is 9.59 Å². The molecule has 31 heavy (non-hydrogen) atoms. The van der Waals surface area contributed by atoms with E-state index in [-0.39, 0.29) is 18.4 Å². The second kappa shape index (κ2) is 10.5. The summed E-state index contributed by atoms with van der Waals surface area (Å²) in [6.45, 7) is 0.190. The lowest BCUT2D eigenvalue weighted by molar-refractivity contribution is -0.118. The Kier molecular flexibility index (Phi) is 7.57. The number of likely N-dealkylation sites (N-methyl/N-ethyl adjacent to an activating group) is 1. The first-order chi connectivity index (χ1) is 15.0. The van der Waals surface area contributed by atoms with E-state index in [0.29, 0.717) is 17.9 Å². The molecule has 0 aliphatic carbocycles. The van der Waals surface area contributed by atoms with Gasteiger partial charge in [-0.15, -0.1) is 0 Å². The monoisotopic (exact) mass is 433 g/mol. The first-order valence-corrected chi connectivity index (χ1v) is 10.3. The Morgan fingerprint density at radius 2 is 1.65 bits per heavy atom. The highest BCUT2D eigenvalue weighted by Gasteiger charge is 2.21. The van der Waals surface area contributed by atoms with Crippen molar-refractivity contribution in [1.82, 2.24) is 0 Å². The van der Waals surface area contributed by atoms with Crippen LogP contribution < -0.4 is 10.6 Å². The lowest BCUT2D eigenvalue weighted by atomic mass is 10.0. The van der Waals surface area contributed by atoms with E-state index < -0.39 is 0 Å². The third-order valence-corrected chi connectivity index (χ3v) is 5.28. The minimum Gasteiger partial charge on any atom is -0.370 e. The minimum absolute atomic E-state index is 0.0124. The third-order valence-electron chi connectivity index (χ3n) is 4.91. The van der Waals surface area contributed by atoms with Crippen LogP contribution in [0, 0.1) is 0 Å². The first-order valence-electron chi connectivity index (χ1n) is 9.95. The van der Waals surface area contributed by atoms with Crippen LogP contribution in [-0.2, 0) is 16.0 Å². The second-order valence-electron chi connectivity index (χ2n) is 7.06. The minimum atomic E-state index is -0.296. The Bertz CT molecular complexity index is 1100. The van der Waals surface area contributed by atoms with Gasteiger partial charge in [0.25, 0.3) is 0 Å². The second-order valence-corrected chi connectivity index (χ2v) is 7.47. The molecule has 4 rings (SSSR count). The number of hydrogen-bond donors (Lipinski definition) is 1. The highest BCUT2D eigenvalue weighted by atomic mass is 35.5. The highest BCUT2D eigenvalue weighted by Crippen LogP contribution is 2.25. The molecular formula is C25H24ClN3O2. The zero-order valence-corrected chi connectivity index (χ0v) is 18.0. The Hall–Kier alpha value is -3.44. The number of nitrogens with two attached hydrogens (primary N) is 1. The average Bonchev–Trinajstić information content (AvgIpc) is 2.91. The van der Waals surface area contributed by atoms with Gasteiger partial charge in [-0.1, -0.05) is 78.3 Å². The normalized spacial score (nSPS) is 12.8. The van der Waals surface area contributed by atoms with E-state index >= 15 is 0 Å². The molecule has 0 fully saturated rings. The maximum atomic E-state index is 12.0. The summed E-state index contributed by atoms with van der Waals surface area (Å²) >= 11 is 5.86. The predicted octanol–water partition coefficient (Wildman–Crippen LogP) is 4.26. The van der Waals surface area contributed by atoms with Crippen molar-refractivity contribution in [2.45, 2.75) is 12.8 Å². The topological polar surface area (TPSA) is 75.8 Å². The summed E-state index contributed by atoms with van der Waals surface area (Å²) in [5.74, 6) is -0.284. The fourth-order valence-corrected chi connectivity index (χ4v) is 3.47. The van der Waals surface area contributed by atoms with Crippen molar-refractivity contribution in [2.24, 2.45) is 10.7 Å². The first kappa shape index (κ1) is 22.2. The molecule has 1 aliphatic rings. The molecule has 3 aromatic rings. The number of benzene rings is 3. The molecule has 0 saturated heterocycles. The lowest BCUT2D eigenvalue weighted by Crippen LogP contribution is -2.27. The molecule has 0 aromatic heterocycles. The van der Waals surface area contributed by atoms with Gasteiger partial charge < -0.3 is 10.6 Å². The number of rotatable bonds is 4. The standard InChI is InChI=1S/C16H14N2O.C9H10ClNO/c1-18-14-10-6-5-9-13(14)16(17-11-15(18)19)12-7-3-2-4-8-12;10-8-4-2-1-3-7(8)5-6-9(11)12/h2-10H,11H2,1H3;1-4H,5-6H2,(H2,11,12). The molecule has 0 unspecified atom stereocenters. The van der Waals surface area contributed by atoms with Crippen LogP contribution in [0.1, 0.15) is 23.1 Å². The molecule has 0 radical (unpaired) electrons. The predicted molar refractivity (Wildman–Crippen MR) is 126 cm³/mol. The molecular weight excluding hydrogens is 410 g/mol. The quantitative estimate of drug-likeness (QED) is 0.667. The summed E-state index contributed by atoms with van der Waals surface area (Å²) in [5, 5.41) is 0.693. The molecule has 158 valence electrons. The summed E-state index contributed by atoms with van der Waals surface area (Å²) in [4.78, 5) is 28.6. The fourth-order valence-electron chi connectivity index (χ4n) is 3.24. The summed E-state index contributed by atoms with van der Waals surface area (Å²) in [6.07, 6.45) is 0.971. The van der Waals surface area contributed by atoms with Crippen LogP contribution in [0.5, 0.6) is 0 Å². The van der Waals surface area contributed by atoms with Crippen LogP contribution in [0.2, 0.25) is 5.02 Å². The van der Waals surface area contributed by atoms with Crippen LogP contribution in [-0.4, -0.2) is 31.1 Å². The van der Waals surface area contributed by atoms with Gasteiger partial charge in [0.1, 0.15) is 6.54 Å². The number of amides is 2. The molecule has 6 heteroatoms. The molecule has 1 aliphatic heterocycles. The molecule has 2 N–H and O–H groups in total. The van der Waals surface area contributed by atoms with E-state index in [9.17, 15) is 9.59 Å². The highest BCUT2D eigenvalue weighted by molar-refractivity contribution is 6.31. The Balaban J connectivity index is 0.000000196.